The van der Waals surface area contributed by atoms with Crippen LogP contribution in [0.1, 0.15) is 36.7 Å². The van der Waals surface area contributed by atoms with E-state index >= 15 is 0 Å². The third kappa shape index (κ3) is 6.65. The lowest BCUT2D eigenvalue weighted by molar-refractivity contribution is -0.142. The van der Waals surface area contributed by atoms with E-state index in [0.29, 0.717) is 11.8 Å². The molecule has 2 heterocycles. The third-order valence-corrected chi connectivity index (χ3v) is 6.63. The number of hydrogen-bond donors (Lipinski definition) is 2. The van der Waals surface area contributed by atoms with Gasteiger partial charge in [0.25, 0.3) is 0 Å². The van der Waals surface area contributed by atoms with Gasteiger partial charge in [0.1, 0.15) is 17.6 Å². The minimum atomic E-state index is -0.223. The van der Waals surface area contributed by atoms with Crippen LogP contribution in [0.25, 0.3) is 11.3 Å². The zero-order valence-corrected chi connectivity index (χ0v) is 20.5. The Morgan fingerprint density at radius 2 is 1.97 bits per heavy atom. The molecule has 0 aliphatic carbocycles. The molecule has 1 aromatic heterocycles. The van der Waals surface area contributed by atoms with Crippen molar-refractivity contribution in [2.24, 2.45) is 0 Å². The van der Waals surface area contributed by atoms with Gasteiger partial charge in [-0.25, -0.2) is 9.97 Å². The molecule has 35 heavy (non-hydrogen) atoms. The largest absolute Gasteiger partial charge is 0.508 e. The third-order valence-electron chi connectivity index (χ3n) is 6.63. The average molecular weight is 475 g/mol. The van der Waals surface area contributed by atoms with Crippen LogP contribution < -0.4 is 5.32 Å². The van der Waals surface area contributed by atoms with Gasteiger partial charge in [0.05, 0.1) is 12.8 Å². The average Bonchev–Trinajstić information content (AvgIpc) is 3.38. The molecule has 0 amide bonds. The summed E-state index contributed by atoms with van der Waals surface area (Å²) in [5, 5.41) is 12.7. The van der Waals surface area contributed by atoms with E-state index in [-0.39, 0.29) is 12.0 Å². The highest BCUT2D eigenvalue weighted by molar-refractivity contribution is 5.76. The summed E-state index contributed by atoms with van der Waals surface area (Å²) in [4.78, 5) is 23.6. The van der Waals surface area contributed by atoms with Crippen LogP contribution in [0, 0.1) is 0 Å². The number of rotatable bonds is 10. The predicted octanol–water partition coefficient (Wildman–Crippen LogP) is 3.75. The van der Waals surface area contributed by atoms with Crippen molar-refractivity contribution >= 4 is 5.97 Å². The molecule has 2 atom stereocenters. The highest BCUT2D eigenvalue weighted by atomic mass is 16.5. The van der Waals surface area contributed by atoms with Crippen molar-refractivity contribution in [3.8, 4) is 17.0 Å². The van der Waals surface area contributed by atoms with E-state index in [1.54, 1.807) is 12.1 Å². The fourth-order valence-corrected chi connectivity index (χ4v) is 4.67. The van der Waals surface area contributed by atoms with E-state index in [1.807, 2.05) is 24.4 Å². The number of aromatic nitrogens is 2. The van der Waals surface area contributed by atoms with Gasteiger partial charge in [0.15, 0.2) is 0 Å². The van der Waals surface area contributed by atoms with E-state index in [0.717, 1.165) is 62.4 Å². The van der Waals surface area contributed by atoms with Crippen LogP contribution in [0.2, 0.25) is 0 Å². The Bertz CT molecular complexity index is 1120. The van der Waals surface area contributed by atoms with Crippen molar-refractivity contribution in [2.45, 2.75) is 51.2 Å². The Morgan fingerprint density at radius 3 is 2.74 bits per heavy atom. The number of aryl methyl sites for hydroxylation is 2. The summed E-state index contributed by atoms with van der Waals surface area (Å²) in [6.07, 6.45) is 5.26. The summed E-state index contributed by atoms with van der Waals surface area (Å²) in [5.41, 5.74) is 4.43. The summed E-state index contributed by atoms with van der Waals surface area (Å²) in [5.74, 6) is 0.945. The molecule has 0 unspecified atom stereocenters. The van der Waals surface area contributed by atoms with E-state index in [4.69, 9.17) is 9.72 Å². The number of carbonyl (C=O) groups excluding carboxylic acids is 1. The summed E-state index contributed by atoms with van der Waals surface area (Å²) >= 11 is 0. The van der Waals surface area contributed by atoms with Crippen LogP contribution in [0.4, 0.5) is 0 Å². The quantitative estimate of drug-likeness (QED) is 0.433. The van der Waals surface area contributed by atoms with Gasteiger partial charge in [-0.2, -0.15) is 0 Å². The molecule has 1 fully saturated rings. The second kappa shape index (κ2) is 11.9. The van der Waals surface area contributed by atoms with Crippen LogP contribution in [0.5, 0.6) is 5.75 Å². The lowest BCUT2D eigenvalue weighted by atomic mass is 10.1. The van der Waals surface area contributed by atoms with Gasteiger partial charge >= 0.3 is 5.97 Å². The normalized spacial score (nSPS) is 17.6. The number of carbonyl (C=O) groups is 1. The van der Waals surface area contributed by atoms with Gasteiger partial charge in [-0.15, -0.1) is 0 Å². The number of hydrogen-bond acceptors (Lipinski definition) is 7. The molecule has 1 aliphatic rings. The van der Waals surface area contributed by atoms with Crippen molar-refractivity contribution in [3.05, 3.63) is 77.7 Å². The first-order valence-electron chi connectivity index (χ1n) is 12.3. The summed E-state index contributed by atoms with van der Waals surface area (Å²) in [6, 6.07) is 17.9. The predicted molar refractivity (Wildman–Crippen MR) is 136 cm³/mol. The maximum Gasteiger partial charge on any atom is 0.322 e. The van der Waals surface area contributed by atoms with Crippen LogP contribution in [0.15, 0.2) is 60.8 Å². The Hall–Kier alpha value is -3.29. The Kier molecular flexibility index (Phi) is 8.45. The molecule has 7 nitrogen and oxygen atoms in total. The van der Waals surface area contributed by atoms with Crippen molar-refractivity contribution in [2.75, 3.05) is 20.2 Å². The molecule has 0 saturated carbocycles. The summed E-state index contributed by atoms with van der Waals surface area (Å²) in [7, 11) is 1.44. The number of methoxy groups -OCH3 is 1. The lowest BCUT2D eigenvalue weighted by Gasteiger charge is -2.27. The fraction of sp³-hybridized carbons (Fsp3) is 0.393. The number of likely N-dealkylation sites (N-methyl/N-ethyl adjacent to an activating group) is 1. The Morgan fingerprint density at radius 1 is 1.14 bits per heavy atom. The first-order valence-corrected chi connectivity index (χ1v) is 12.3. The molecule has 0 bridgehead atoms. The molecule has 7 heteroatoms. The second-order valence-electron chi connectivity index (χ2n) is 9.02. The number of nitrogens with zero attached hydrogens (tertiary/aromatic N) is 3. The second-order valence-corrected chi connectivity index (χ2v) is 9.02. The maximum atomic E-state index is 11.9. The molecule has 2 aromatic carbocycles. The monoisotopic (exact) mass is 474 g/mol. The van der Waals surface area contributed by atoms with Crippen LogP contribution in [-0.4, -0.2) is 58.2 Å². The molecular weight excluding hydrogens is 440 g/mol. The number of aromatic hydroxyl groups is 1. The van der Waals surface area contributed by atoms with Crippen molar-refractivity contribution < 1.29 is 14.6 Å². The van der Waals surface area contributed by atoms with Crippen LogP contribution in [-0.2, 0) is 28.9 Å². The Labute approximate surface area is 207 Å². The zero-order chi connectivity index (χ0) is 24.6. The summed E-state index contributed by atoms with van der Waals surface area (Å²) in [6.45, 7) is 4.66. The van der Waals surface area contributed by atoms with Gasteiger partial charge in [-0.3, -0.25) is 9.69 Å². The number of esters is 1. The Balaban J connectivity index is 1.38. The molecule has 2 N–H and O–H groups in total. The molecule has 4 rings (SSSR count). The highest BCUT2D eigenvalue weighted by Gasteiger charge is 2.32. The lowest BCUT2D eigenvalue weighted by Crippen LogP contribution is -2.36. The molecule has 0 radical (unpaired) electrons. The number of nitrogens with one attached hydrogen (secondary N) is 1. The van der Waals surface area contributed by atoms with Crippen LogP contribution >= 0.6 is 0 Å². The first kappa shape index (κ1) is 24.8. The molecular formula is C28H34N4O3. The summed E-state index contributed by atoms with van der Waals surface area (Å²) < 4.78 is 4.90. The van der Waals surface area contributed by atoms with E-state index in [1.165, 1.54) is 18.2 Å². The number of phenolic OH excluding ortho intramolecular Hbond substituents is 1. The molecule has 1 aliphatic heterocycles. The number of phenols is 1. The maximum absolute atomic E-state index is 11.9. The fourth-order valence-electron chi connectivity index (χ4n) is 4.67. The first-order chi connectivity index (χ1) is 17.1. The minimum Gasteiger partial charge on any atom is -0.508 e. The van der Waals surface area contributed by atoms with Crippen molar-refractivity contribution in [3.63, 3.8) is 0 Å². The van der Waals surface area contributed by atoms with E-state index < -0.39 is 0 Å². The standard InChI is InChI=1S/C28H34N4O3/c1-3-32(23-17-26(30-18-23)28(34)35-2)19-21-7-4-8-22(16-21)25-14-15-29-27(31-25)9-5-6-20-10-12-24(33)13-11-20/h4,7-8,10-16,23,26,30,33H,3,5-6,9,17-19H2,1-2H3/t23-,26-/m0/s1. The molecule has 1 saturated heterocycles. The number of ether oxygens (including phenoxy) is 1. The van der Waals surface area contributed by atoms with Crippen molar-refractivity contribution in [1.82, 2.24) is 20.2 Å². The topological polar surface area (TPSA) is 87.6 Å². The van der Waals surface area contributed by atoms with Gasteiger partial charge in [0.2, 0.25) is 0 Å². The van der Waals surface area contributed by atoms with Crippen LogP contribution in [0.3, 0.4) is 0 Å². The SMILES string of the molecule is CCN(Cc1cccc(-c2ccnc(CCCc3ccc(O)cc3)n2)c1)[C@@H]1CN[C@H](C(=O)OC)C1. The molecule has 184 valence electrons. The van der Waals surface area contributed by atoms with E-state index in [2.05, 4.69) is 46.4 Å². The van der Waals surface area contributed by atoms with Gasteiger partial charge in [0, 0.05) is 37.3 Å². The van der Waals surface area contributed by atoms with Gasteiger partial charge in [-0.1, -0.05) is 37.3 Å². The minimum absolute atomic E-state index is 0.187. The highest BCUT2D eigenvalue weighted by Crippen LogP contribution is 2.22. The zero-order valence-electron chi connectivity index (χ0n) is 20.5. The molecule has 3 aromatic rings. The van der Waals surface area contributed by atoms with Crippen molar-refractivity contribution in [1.29, 1.82) is 0 Å². The smallest absolute Gasteiger partial charge is 0.322 e. The van der Waals surface area contributed by atoms with Gasteiger partial charge < -0.3 is 15.2 Å². The van der Waals surface area contributed by atoms with Gasteiger partial charge in [-0.05, 0) is 61.2 Å². The molecule has 0 spiro atoms. The number of benzene rings is 2. The van der Waals surface area contributed by atoms with E-state index in [9.17, 15) is 9.90 Å².